The molecule has 0 aliphatic carbocycles. The van der Waals surface area contributed by atoms with Crippen molar-refractivity contribution in [1.29, 1.82) is 0 Å². The van der Waals surface area contributed by atoms with Crippen molar-refractivity contribution in [1.82, 2.24) is 4.98 Å². The van der Waals surface area contributed by atoms with Crippen LogP contribution in [-0.2, 0) is 6.61 Å². The molecule has 1 heterocycles. The minimum Gasteiger partial charge on any atom is -0.488 e. The third kappa shape index (κ3) is 5.48. The Kier molecular flexibility index (Phi) is 6.79. The predicted octanol–water partition coefficient (Wildman–Crippen LogP) is 7.25. The van der Waals surface area contributed by atoms with E-state index in [9.17, 15) is 0 Å². The number of hydrogen-bond donors (Lipinski definition) is 1. The fraction of sp³-hybridized carbons (Fsp3) is 0.0435. The van der Waals surface area contributed by atoms with Gasteiger partial charge in [-0.15, -0.1) is 11.3 Å². The third-order valence-electron chi connectivity index (χ3n) is 4.23. The van der Waals surface area contributed by atoms with Gasteiger partial charge in [-0.05, 0) is 42.0 Å². The van der Waals surface area contributed by atoms with E-state index in [1.807, 2.05) is 78.2 Å². The highest BCUT2D eigenvalue weighted by Gasteiger charge is 2.05. The van der Waals surface area contributed by atoms with Crippen LogP contribution in [0, 0.1) is 0 Å². The maximum atomic E-state index is 5.96. The van der Waals surface area contributed by atoms with Crippen LogP contribution >= 0.6 is 38.9 Å². The van der Waals surface area contributed by atoms with Gasteiger partial charge in [-0.2, -0.15) is 5.10 Å². The number of nitrogens with one attached hydrogen (secondary N) is 1. The summed E-state index contributed by atoms with van der Waals surface area (Å²) in [6, 6.07) is 23.4. The van der Waals surface area contributed by atoms with Gasteiger partial charge in [0.1, 0.15) is 12.4 Å². The lowest BCUT2D eigenvalue weighted by Gasteiger charge is -2.09. The molecule has 4 rings (SSSR count). The van der Waals surface area contributed by atoms with Gasteiger partial charge < -0.3 is 4.74 Å². The molecular formula is C23H17BrClN3OS. The average molecular weight is 499 g/mol. The number of thiazole rings is 1. The number of ether oxygens (including phenoxy) is 1. The second kappa shape index (κ2) is 9.89. The Morgan fingerprint density at radius 3 is 2.60 bits per heavy atom. The molecule has 0 saturated heterocycles. The van der Waals surface area contributed by atoms with Gasteiger partial charge in [0.05, 0.1) is 11.9 Å². The quantitative estimate of drug-likeness (QED) is 0.216. The first-order chi connectivity index (χ1) is 14.7. The summed E-state index contributed by atoms with van der Waals surface area (Å²) in [7, 11) is 0. The number of benzene rings is 3. The Morgan fingerprint density at radius 2 is 1.80 bits per heavy atom. The summed E-state index contributed by atoms with van der Waals surface area (Å²) in [5, 5.41) is 7.77. The number of hydrogen-bond acceptors (Lipinski definition) is 5. The summed E-state index contributed by atoms with van der Waals surface area (Å²) in [6.07, 6.45) is 1.73. The molecule has 3 aromatic carbocycles. The van der Waals surface area contributed by atoms with Gasteiger partial charge in [0.15, 0.2) is 0 Å². The van der Waals surface area contributed by atoms with Crippen LogP contribution in [0.25, 0.3) is 11.3 Å². The smallest absolute Gasteiger partial charge is 0.203 e. The number of rotatable bonds is 7. The molecule has 0 unspecified atom stereocenters. The van der Waals surface area contributed by atoms with Crippen molar-refractivity contribution in [2.24, 2.45) is 5.10 Å². The highest BCUT2D eigenvalue weighted by Crippen LogP contribution is 2.26. The minimum absolute atomic E-state index is 0.457. The highest BCUT2D eigenvalue weighted by atomic mass is 79.9. The molecule has 0 aliphatic heterocycles. The Balaban J connectivity index is 1.40. The number of halogens is 2. The van der Waals surface area contributed by atoms with E-state index in [-0.39, 0.29) is 0 Å². The summed E-state index contributed by atoms with van der Waals surface area (Å²) in [5.41, 5.74) is 6.90. The van der Waals surface area contributed by atoms with Gasteiger partial charge in [0.2, 0.25) is 5.13 Å². The van der Waals surface area contributed by atoms with Crippen LogP contribution in [0.4, 0.5) is 5.13 Å². The van der Waals surface area contributed by atoms with Gasteiger partial charge >= 0.3 is 0 Å². The van der Waals surface area contributed by atoms with Crippen LogP contribution < -0.4 is 10.2 Å². The average Bonchev–Trinajstić information content (AvgIpc) is 3.23. The summed E-state index contributed by atoms with van der Waals surface area (Å²) < 4.78 is 7.00. The Hall–Kier alpha value is -2.67. The summed E-state index contributed by atoms with van der Waals surface area (Å²) >= 11 is 10.9. The summed E-state index contributed by atoms with van der Waals surface area (Å²) in [6.45, 7) is 0.457. The van der Waals surface area contributed by atoms with Gasteiger partial charge in [-0.1, -0.05) is 63.9 Å². The van der Waals surface area contributed by atoms with Crippen molar-refractivity contribution in [3.05, 3.63) is 98.8 Å². The van der Waals surface area contributed by atoms with Gasteiger partial charge in [0.25, 0.3) is 0 Å². The van der Waals surface area contributed by atoms with Gasteiger partial charge in [-0.3, -0.25) is 5.43 Å². The van der Waals surface area contributed by atoms with Crippen molar-refractivity contribution < 1.29 is 4.74 Å². The largest absolute Gasteiger partial charge is 0.488 e. The molecule has 1 aromatic heterocycles. The van der Waals surface area contributed by atoms with E-state index in [2.05, 4.69) is 31.4 Å². The standard InChI is InChI=1S/C23H17BrClN3OS/c24-19-9-7-17(8-10-19)21-15-30-23(27-21)28-26-13-18-3-1-2-4-22(18)29-14-16-5-11-20(25)12-6-16/h1-13,15H,14H2,(H,27,28)/b26-13-. The lowest BCUT2D eigenvalue weighted by molar-refractivity contribution is 0.306. The molecule has 4 aromatic rings. The third-order valence-corrected chi connectivity index (χ3v) is 5.76. The molecule has 0 spiro atoms. The van der Waals surface area contributed by atoms with Crippen LogP contribution in [0.1, 0.15) is 11.1 Å². The Morgan fingerprint density at radius 1 is 1.03 bits per heavy atom. The van der Waals surface area contributed by atoms with Crippen molar-refractivity contribution >= 4 is 50.2 Å². The molecule has 7 heteroatoms. The fourth-order valence-corrected chi connectivity index (χ4v) is 3.75. The molecular weight excluding hydrogens is 482 g/mol. The van der Waals surface area contributed by atoms with E-state index in [4.69, 9.17) is 16.3 Å². The highest BCUT2D eigenvalue weighted by molar-refractivity contribution is 9.10. The lowest BCUT2D eigenvalue weighted by Crippen LogP contribution is -1.99. The Labute approximate surface area is 192 Å². The van der Waals surface area contributed by atoms with E-state index >= 15 is 0 Å². The van der Waals surface area contributed by atoms with Crippen molar-refractivity contribution in [3.8, 4) is 17.0 Å². The SMILES string of the molecule is Clc1ccc(COc2ccccc2/C=N\Nc2nc(-c3ccc(Br)cc3)cs2)cc1. The molecule has 1 N–H and O–H groups in total. The first kappa shape index (κ1) is 20.6. The zero-order chi connectivity index (χ0) is 20.8. The van der Waals surface area contributed by atoms with Crippen molar-refractivity contribution in [2.45, 2.75) is 6.61 Å². The van der Waals surface area contributed by atoms with Crippen LogP contribution in [0.5, 0.6) is 5.75 Å². The monoisotopic (exact) mass is 497 g/mol. The second-order valence-corrected chi connectivity index (χ2v) is 8.58. The van der Waals surface area contributed by atoms with E-state index in [1.165, 1.54) is 11.3 Å². The molecule has 150 valence electrons. The number of hydrazone groups is 1. The Bertz CT molecular complexity index is 1140. The maximum Gasteiger partial charge on any atom is 0.203 e. The fourth-order valence-electron chi connectivity index (χ4n) is 2.70. The lowest BCUT2D eigenvalue weighted by atomic mass is 10.2. The molecule has 0 radical (unpaired) electrons. The molecule has 0 fully saturated rings. The maximum absolute atomic E-state index is 5.96. The van der Waals surface area contributed by atoms with Gasteiger partial charge in [0, 0.05) is 26.0 Å². The minimum atomic E-state index is 0.457. The van der Waals surface area contributed by atoms with Gasteiger partial charge in [-0.25, -0.2) is 4.98 Å². The van der Waals surface area contributed by atoms with E-state index in [0.717, 1.165) is 37.7 Å². The number of aromatic nitrogens is 1. The molecule has 30 heavy (non-hydrogen) atoms. The normalized spacial score (nSPS) is 11.0. The number of anilines is 1. The second-order valence-electron chi connectivity index (χ2n) is 6.37. The summed E-state index contributed by atoms with van der Waals surface area (Å²) in [5.74, 6) is 0.757. The van der Waals surface area contributed by atoms with Crippen LogP contribution in [0.3, 0.4) is 0 Å². The van der Waals surface area contributed by atoms with Crippen LogP contribution in [0.15, 0.2) is 87.8 Å². The topological polar surface area (TPSA) is 46.5 Å². The van der Waals surface area contributed by atoms with E-state index < -0.39 is 0 Å². The molecule has 0 atom stereocenters. The molecule has 0 saturated carbocycles. The zero-order valence-corrected chi connectivity index (χ0v) is 18.9. The first-order valence-electron chi connectivity index (χ1n) is 9.14. The zero-order valence-electron chi connectivity index (χ0n) is 15.8. The van der Waals surface area contributed by atoms with Crippen LogP contribution in [-0.4, -0.2) is 11.2 Å². The molecule has 0 amide bonds. The summed E-state index contributed by atoms with van der Waals surface area (Å²) in [4.78, 5) is 4.58. The predicted molar refractivity (Wildman–Crippen MR) is 129 cm³/mol. The number of para-hydroxylation sites is 1. The number of nitrogens with zero attached hydrogens (tertiary/aromatic N) is 2. The van der Waals surface area contributed by atoms with E-state index in [1.54, 1.807) is 6.21 Å². The molecule has 4 nitrogen and oxygen atoms in total. The van der Waals surface area contributed by atoms with E-state index in [0.29, 0.717) is 11.6 Å². The molecule has 0 bridgehead atoms. The van der Waals surface area contributed by atoms with Crippen molar-refractivity contribution in [3.63, 3.8) is 0 Å². The molecule has 0 aliphatic rings. The van der Waals surface area contributed by atoms with Crippen molar-refractivity contribution in [2.75, 3.05) is 5.43 Å². The van der Waals surface area contributed by atoms with Crippen LogP contribution in [0.2, 0.25) is 5.02 Å². The first-order valence-corrected chi connectivity index (χ1v) is 11.2.